The number of rotatable bonds is 4. The maximum Gasteiger partial charge on any atom is 0.269 e. The van der Waals surface area contributed by atoms with Crippen LogP contribution in [0.15, 0.2) is 18.2 Å². The fraction of sp³-hybridized carbons (Fsp3) is 0.455. The highest BCUT2D eigenvalue weighted by Gasteiger charge is 2.14. The average molecular weight is 211 g/mol. The van der Waals surface area contributed by atoms with Crippen LogP contribution in [-0.2, 0) is 6.42 Å². The van der Waals surface area contributed by atoms with E-state index < -0.39 is 11.6 Å². The van der Waals surface area contributed by atoms with Gasteiger partial charge in [-0.05, 0) is 17.5 Å². The number of nitro benzene ring substituents is 1. The van der Waals surface area contributed by atoms with E-state index in [0.717, 1.165) is 17.5 Å². The zero-order chi connectivity index (χ0) is 11.4. The zero-order valence-corrected chi connectivity index (χ0v) is 8.87. The predicted octanol–water partition coefficient (Wildman–Crippen LogP) is 3.23. The first kappa shape index (κ1) is 11.6. The summed E-state index contributed by atoms with van der Waals surface area (Å²) in [5.74, 6) is -0.278. The minimum absolute atomic E-state index is 0.0301. The molecule has 15 heavy (non-hydrogen) atoms. The van der Waals surface area contributed by atoms with E-state index in [0.29, 0.717) is 0 Å². The Bertz CT molecular complexity index is 366. The predicted molar refractivity (Wildman–Crippen MR) is 56.9 cm³/mol. The first-order chi connectivity index (χ1) is 7.10. The number of hydrogen-bond donors (Lipinski definition) is 0. The van der Waals surface area contributed by atoms with Gasteiger partial charge in [-0.1, -0.05) is 19.9 Å². The second-order valence-electron chi connectivity index (χ2n) is 3.55. The summed E-state index contributed by atoms with van der Waals surface area (Å²) in [7, 11) is 0. The van der Waals surface area contributed by atoms with Gasteiger partial charge in [-0.25, -0.2) is 0 Å². The molecule has 0 spiro atoms. The SMILES string of the molecule is CCc1ccc([N+](=O)[O-])cc1C(C)CF. The molecule has 0 amide bonds. The van der Waals surface area contributed by atoms with Crippen molar-refractivity contribution >= 4 is 5.69 Å². The van der Waals surface area contributed by atoms with Gasteiger partial charge in [0, 0.05) is 18.1 Å². The van der Waals surface area contributed by atoms with Crippen LogP contribution in [0.25, 0.3) is 0 Å². The summed E-state index contributed by atoms with van der Waals surface area (Å²) in [6, 6.07) is 4.65. The quantitative estimate of drug-likeness (QED) is 0.566. The van der Waals surface area contributed by atoms with Crippen molar-refractivity contribution in [2.45, 2.75) is 26.2 Å². The van der Waals surface area contributed by atoms with Gasteiger partial charge in [0.1, 0.15) is 0 Å². The van der Waals surface area contributed by atoms with Crippen LogP contribution in [0.4, 0.5) is 10.1 Å². The lowest BCUT2D eigenvalue weighted by Gasteiger charge is -2.11. The zero-order valence-electron chi connectivity index (χ0n) is 8.87. The summed E-state index contributed by atoms with van der Waals surface area (Å²) in [6.07, 6.45) is 0.762. The Labute approximate surface area is 88.1 Å². The number of nitro groups is 1. The van der Waals surface area contributed by atoms with Crippen LogP contribution in [0.2, 0.25) is 0 Å². The van der Waals surface area contributed by atoms with Gasteiger partial charge in [0.25, 0.3) is 5.69 Å². The van der Waals surface area contributed by atoms with Gasteiger partial charge in [0.05, 0.1) is 11.6 Å². The molecule has 82 valence electrons. The van der Waals surface area contributed by atoms with Gasteiger partial charge in [0.15, 0.2) is 0 Å². The fourth-order valence-electron chi connectivity index (χ4n) is 1.56. The Morgan fingerprint density at radius 1 is 1.53 bits per heavy atom. The Kier molecular flexibility index (Phi) is 3.77. The van der Waals surface area contributed by atoms with Crippen molar-refractivity contribution in [1.82, 2.24) is 0 Å². The number of halogens is 1. The van der Waals surface area contributed by atoms with Crippen LogP contribution in [0, 0.1) is 10.1 Å². The third kappa shape index (κ3) is 2.52. The molecule has 0 bridgehead atoms. The minimum atomic E-state index is -0.492. The van der Waals surface area contributed by atoms with Crippen molar-refractivity contribution < 1.29 is 9.31 Å². The number of alkyl halides is 1. The molecule has 0 aliphatic carbocycles. The lowest BCUT2D eigenvalue weighted by atomic mass is 9.95. The normalized spacial score (nSPS) is 12.5. The molecule has 0 saturated heterocycles. The van der Waals surface area contributed by atoms with E-state index >= 15 is 0 Å². The highest BCUT2D eigenvalue weighted by atomic mass is 19.1. The molecule has 1 rings (SSSR count). The van der Waals surface area contributed by atoms with E-state index in [1.807, 2.05) is 6.92 Å². The Balaban J connectivity index is 3.18. The smallest absolute Gasteiger partial charge is 0.258 e. The third-order valence-electron chi connectivity index (χ3n) is 2.48. The summed E-state index contributed by atoms with van der Waals surface area (Å²) in [5, 5.41) is 10.6. The van der Waals surface area contributed by atoms with Crippen LogP contribution in [0.1, 0.15) is 30.9 Å². The van der Waals surface area contributed by atoms with Crippen molar-refractivity contribution in [2.24, 2.45) is 0 Å². The van der Waals surface area contributed by atoms with Crippen molar-refractivity contribution in [3.63, 3.8) is 0 Å². The van der Waals surface area contributed by atoms with Crippen LogP contribution in [0.5, 0.6) is 0 Å². The molecule has 0 N–H and O–H groups in total. The highest BCUT2D eigenvalue weighted by molar-refractivity contribution is 5.41. The lowest BCUT2D eigenvalue weighted by molar-refractivity contribution is -0.384. The molecule has 0 fully saturated rings. The molecular weight excluding hydrogens is 197 g/mol. The summed E-state index contributed by atoms with van der Waals surface area (Å²) in [6.45, 7) is 3.20. The summed E-state index contributed by atoms with van der Waals surface area (Å²) in [5.41, 5.74) is 1.75. The summed E-state index contributed by atoms with van der Waals surface area (Å²) in [4.78, 5) is 10.1. The molecule has 3 nitrogen and oxygen atoms in total. The molecule has 0 saturated carbocycles. The summed E-state index contributed by atoms with van der Waals surface area (Å²) >= 11 is 0. The van der Waals surface area contributed by atoms with Crippen molar-refractivity contribution in [3.8, 4) is 0 Å². The number of benzene rings is 1. The first-order valence-corrected chi connectivity index (χ1v) is 4.93. The Hall–Kier alpha value is -1.45. The van der Waals surface area contributed by atoms with E-state index in [2.05, 4.69) is 0 Å². The molecule has 4 heteroatoms. The topological polar surface area (TPSA) is 43.1 Å². The Morgan fingerprint density at radius 2 is 2.20 bits per heavy atom. The number of nitrogens with zero attached hydrogens (tertiary/aromatic N) is 1. The standard InChI is InChI=1S/C11H14FNO2/c1-3-9-4-5-10(13(14)15)6-11(9)8(2)7-12/h4-6,8H,3,7H2,1-2H3. The fourth-order valence-corrected chi connectivity index (χ4v) is 1.56. The molecule has 1 unspecified atom stereocenters. The van der Waals surface area contributed by atoms with Gasteiger partial charge in [-0.3, -0.25) is 14.5 Å². The van der Waals surface area contributed by atoms with E-state index in [9.17, 15) is 14.5 Å². The molecule has 0 heterocycles. The first-order valence-electron chi connectivity index (χ1n) is 4.93. The van der Waals surface area contributed by atoms with Gasteiger partial charge >= 0.3 is 0 Å². The van der Waals surface area contributed by atoms with E-state index in [1.54, 1.807) is 13.0 Å². The number of non-ortho nitro benzene ring substituents is 1. The van der Waals surface area contributed by atoms with Gasteiger partial charge in [-0.2, -0.15) is 0 Å². The largest absolute Gasteiger partial charge is 0.269 e. The molecule has 1 atom stereocenters. The van der Waals surface area contributed by atoms with Crippen molar-refractivity contribution in [3.05, 3.63) is 39.4 Å². The van der Waals surface area contributed by atoms with Crippen LogP contribution in [0.3, 0.4) is 0 Å². The van der Waals surface area contributed by atoms with E-state index in [1.165, 1.54) is 12.1 Å². The molecule has 0 aliphatic heterocycles. The van der Waals surface area contributed by atoms with Crippen LogP contribution in [-0.4, -0.2) is 11.6 Å². The van der Waals surface area contributed by atoms with Gasteiger partial charge in [0.2, 0.25) is 0 Å². The van der Waals surface area contributed by atoms with Crippen molar-refractivity contribution in [1.29, 1.82) is 0 Å². The minimum Gasteiger partial charge on any atom is -0.258 e. The van der Waals surface area contributed by atoms with Gasteiger partial charge < -0.3 is 0 Å². The molecule has 0 aliphatic rings. The lowest BCUT2D eigenvalue weighted by Crippen LogP contribution is -2.02. The molecule has 1 aromatic rings. The van der Waals surface area contributed by atoms with Crippen LogP contribution < -0.4 is 0 Å². The average Bonchev–Trinajstić information content (AvgIpc) is 2.27. The molecule has 0 aromatic heterocycles. The molecular formula is C11H14FNO2. The number of hydrogen-bond acceptors (Lipinski definition) is 2. The second kappa shape index (κ2) is 4.87. The van der Waals surface area contributed by atoms with Crippen molar-refractivity contribution in [2.75, 3.05) is 6.67 Å². The molecule has 1 aromatic carbocycles. The van der Waals surface area contributed by atoms with E-state index in [4.69, 9.17) is 0 Å². The van der Waals surface area contributed by atoms with Crippen LogP contribution >= 0.6 is 0 Å². The van der Waals surface area contributed by atoms with E-state index in [-0.39, 0.29) is 11.6 Å². The second-order valence-corrected chi connectivity index (χ2v) is 3.55. The highest BCUT2D eigenvalue weighted by Crippen LogP contribution is 2.25. The summed E-state index contributed by atoms with van der Waals surface area (Å²) < 4.78 is 12.6. The monoisotopic (exact) mass is 211 g/mol. The third-order valence-corrected chi connectivity index (χ3v) is 2.48. The maximum absolute atomic E-state index is 12.6. The maximum atomic E-state index is 12.6. The van der Waals surface area contributed by atoms with Gasteiger partial charge in [-0.15, -0.1) is 0 Å². The Morgan fingerprint density at radius 3 is 2.67 bits per heavy atom. The number of aryl methyl sites for hydroxylation is 1. The molecule has 0 radical (unpaired) electrons.